The molecule has 1 heterocycles. The Balaban J connectivity index is 2.56. The minimum Gasteiger partial charge on any atom is -0.145 e. The van der Waals surface area contributed by atoms with Crippen LogP contribution < -0.4 is 0 Å². The molecule has 0 nitrogen and oxygen atoms in total. The summed E-state index contributed by atoms with van der Waals surface area (Å²) in [7, 11) is 0. The third kappa shape index (κ3) is 3.15. The lowest BCUT2D eigenvalue weighted by atomic mass is 9.98. The smallest absolute Gasteiger partial charge is 0.00789 e. The van der Waals surface area contributed by atoms with Crippen LogP contribution in [0.5, 0.6) is 0 Å². The third-order valence-electron chi connectivity index (χ3n) is 2.56. The van der Waals surface area contributed by atoms with Crippen molar-refractivity contribution in [3.8, 4) is 0 Å². The molecular weight excluding hydrogens is 176 g/mol. The van der Waals surface area contributed by atoms with Crippen molar-refractivity contribution >= 4 is 11.3 Å². The molecule has 1 rings (SSSR count). The van der Waals surface area contributed by atoms with Gasteiger partial charge in [-0.3, -0.25) is 0 Å². The first-order valence-electron chi connectivity index (χ1n) is 5.34. The maximum Gasteiger partial charge on any atom is 0.00789 e. The first-order valence-corrected chi connectivity index (χ1v) is 6.15. The molecule has 0 spiro atoms. The van der Waals surface area contributed by atoms with E-state index in [4.69, 9.17) is 0 Å². The summed E-state index contributed by atoms with van der Waals surface area (Å²) in [6, 6.07) is 4.55. The lowest BCUT2D eigenvalue weighted by molar-refractivity contribution is 0.577. The van der Waals surface area contributed by atoms with Crippen molar-refractivity contribution in [2.24, 2.45) is 0 Å². The molecule has 1 unspecified atom stereocenters. The van der Waals surface area contributed by atoms with Crippen molar-refractivity contribution in [1.29, 1.82) is 0 Å². The first kappa shape index (κ1) is 10.8. The minimum atomic E-state index is 0.818. The molecule has 0 radical (unpaired) electrons. The highest BCUT2D eigenvalue weighted by Gasteiger charge is 2.09. The summed E-state index contributed by atoms with van der Waals surface area (Å²) in [6.45, 7) is 6.77. The Kier molecular flexibility index (Phi) is 4.51. The zero-order chi connectivity index (χ0) is 9.68. The predicted molar refractivity (Wildman–Crippen MR) is 61.6 cm³/mol. The molecule has 0 aromatic carbocycles. The fourth-order valence-corrected chi connectivity index (χ4v) is 2.77. The Hall–Kier alpha value is -0.300. The second kappa shape index (κ2) is 5.43. The van der Waals surface area contributed by atoms with Crippen LogP contribution in [0.4, 0.5) is 0 Å². The van der Waals surface area contributed by atoms with Crippen molar-refractivity contribution in [2.75, 3.05) is 0 Å². The quantitative estimate of drug-likeness (QED) is 0.638. The Labute approximate surface area is 86.0 Å². The van der Waals surface area contributed by atoms with E-state index in [1.54, 1.807) is 4.88 Å². The average molecular weight is 196 g/mol. The summed E-state index contributed by atoms with van der Waals surface area (Å²) in [6.07, 6.45) is 5.35. The minimum absolute atomic E-state index is 0.818. The van der Waals surface area contributed by atoms with Gasteiger partial charge in [0.25, 0.3) is 0 Å². The van der Waals surface area contributed by atoms with Gasteiger partial charge in [0.05, 0.1) is 0 Å². The van der Waals surface area contributed by atoms with Crippen LogP contribution in [0.1, 0.15) is 55.2 Å². The van der Waals surface area contributed by atoms with Crippen LogP contribution in [0.25, 0.3) is 0 Å². The molecule has 0 bridgehead atoms. The molecule has 74 valence electrons. The van der Waals surface area contributed by atoms with Crippen molar-refractivity contribution in [1.82, 2.24) is 0 Å². The maximum atomic E-state index is 2.31. The molecule has 1 aromatic rings. The van der Waals surface area contributed by atoms with Gasteiger partial charge in [-0.1, -0.05) is 26.7 Å². The number of hydrogen-bond acceptors (Lipinski definition) is 1. The molecule has 1 atom stereocenters. The van der Waals surface area contributed by atoms with Crippen LogP contribution >= 0.6 is 11.3 Å². The fraction of sp³-hybridized carbons (Fsp3) is 0.667. The second-order valence-electron chi connectivity index (χ2n) is 3.70. The first-order chi connectivity index (χ1) is 6.27. The summed E-state index contributed by atoms with van der Waals surface area (Å²) in [5.74, 6) is 0.818. The maximum absolute atomic E-state index is 2.31. The van der Waals surface area contributed by atoms with Crippen molar-refractivity contribution in [3.05, 3.63) is 21.9 Å². The van der Waals surface area contributed by atoms with Gasteiger partial charge in [0.2, 0.25) is 0 Å². The van der Waals surface area contributed by atoms with Gasteiger partial charge < -0.3 is 0 Å². The van der Waals surface area contributed by atoms with Crippen LogP contribution in [-0.4, -0.2) is 0 Å². The number of unbranched alkanes of at least 4 members (excludes halogenated alkanes) is 1. The molecule has 0 N–H and O–H groups in total. The van der Waals surface area contributed by atoms with E-state index in [2.05, 4.69) is 32.9 Å². The van der Waals surface area contributed by atoms with Gasteiger partial charge >= 0.3 is 0 Å². The van der Waals surface area contributed by atoms with E-state index in [1.165, 1.54) is 30.6 Å². The van der Waals surface area contributed by atoms with E-state index < -0.39 is 0 Å². The van der Waals surface area contributed by atoms with Gasteiger partial charge in [-0.2, -0.15) is 0 Å². The molecule has 0 saturated heterocycles. The monoisotopic (exact) mass is 196 g/mol. The summed E-state index contributed by atoms with van der Waals surface area (Å²) in [5.41, 5.74) is 0. The highest BCUT2D eigenvalue weighted by Crippen LogP contribution is 2.30. The zero-order valence-electron chi connectivity index (χ0n) is 8.97. The third-order valence-corrected chi connectivity index (χ3v) is 3.73. The van der Waals surface area contributed by atoms with E-state index in [9.17, 15) is 0 Å². The summed E-state index contributed by atoms with van der Waals surface area (Å²) < 4.78 is 0. The summed E-state index contributed by atoms with van der Waals surface area (Å²) >= 11 is 1.97. The largest absolute Gasteiger partial charge is 0.145 e. The molecule has 1 aromatic heterocycles. The van der Waals surface area contributed by atoms with Crippen LogP contribution in [0.3, 0.4) is 0 Å². The molecule has 0 amide bonds. The van der Waals surface area contributed by atoms with Gasteiger partial charge in [0, 0.05) is 9.75 Å². The SMILES string of the molecule is CCCCC(CC)c1ccc(C)s1. The molecule has 0 saturated carbocycles. The summed E-state index contributed by atoms with van der Waals surface area (Å²) in [5, 5.41) is 0. The van der Waals surface area contributed by atoms with Crippen molar-refractivity contribution in [2.45, 2.75) is 52.4 Å². The van der Waals surface area contributed by atoms with Crippen LogP contribution in [0.15, 0.2) is 12.1 Å². The van der Waals surface area contributed by atoms with Gasteiger partial charge in [0.15, 0.2) is 0 Å². The lowest BCUT2D eigenvalue weighted by Crippen LogP contribution is -1.93. The summed E-state index contributed by atoms with van der Waals surface area (Å²) in [4.78, 5) is 3.04. The van der Waals surface area contributed by atoms with Crippen LogP contribution in [0, 0.1) is 6.92 Å². The molecular formula is C12H20S. The van der Waals surface area contributed by atoms with E-state index in [1.807, 2.05) is 11.3 Å². The van der Waals surface area contributed by atoms with Gasteiger partial charge in [-0.05, 0) is 37.8 Å². The fourth-order valence-electron chi connectivity index (χ4n) is 1.67. The number of thiophene rings is 1. The topological polar surface area (TPSA) is 0 Å². The van der Waals surface area contributed by atoms with E-state index in [0.717, 1.165) is 5.92 Å². The van der Waals surface area contributed by atoms with E-state index in [0.29, 0.717) is 0 Å². The van der Waals surface area contributed by atoms with Crippen molar-refractivity contribution in [3.63, 3.8) is 0 Å². The average Bonchev–Trinajstić information content (AvgIpc) is 2.54. The highest BCUT2D eigenvalue weighted by molar-refractivity contribution is 7.12. The predicted octanol–water partition coefficient (Wildman–Crippen LogP) is 4.74. The van der Waals surface area contributed by atoms with E-state index >= 15 is 0 Å². The number of aryl methyl sites for hydroxylation is 1. The Morgan fingerprint density at radius 1 is 1.31 bits per heavy atom. The Morgan fingerprint density at radius 2 is 2.08 bits per heavy atom. The number of hydrogen-bond donors (Lipinski definition) is 0. The molecule has 0 aliphatic heterocycles. The molecule has 0 aliphatic rings. The Bertz CT molecular complexity index is 237. The van der Waals surface area contributed by atoms with Crippen LogP contribution in [-0.2, 0) is 0 Å². The van der Waals surface area contributed by atoms with Crippen LogP contribution in [0.2, 0.25) is 0 Å². The van der Waals surface area contributed by atoms with Gasteiger partial charge in [-0.25, -0.2) is 0 Å². The Morgan fingerprint density at radius 3 is 2.54 bits per heavy atom. The standard InChI is InChI=1S/C12H20S/c1-4-6-7-11(5-2)12-9-8-10(3)13-12/h8-9,11H,4-7H2,1-3H3. The number of rotatable bonds is 5. The lowest BCUT2D eigenvalue weighted by Gasteiger charge is -2.11. The second-order valence-corrected chi connectivity index (χ2v) is 5.02. The zero-order valence-corrected chi connectivity index (χ0v) is 9.79. The molecule has 1 heteroatoms. The molecule has 13 heavy (non-hydrogen) atoms. The highest BCUT2D eigenvalue weighted by atomic mass is 32.1. The van der Waals surface area contributed by atoms with Gasteiger partial charge in [0.1, 0.15) is 0 Å². The van der Waals surface area contributed by atoms with E-state index in [-0.39, 0.29) is 0 Å². The van der Waals surface area contributed by atoms with Gasteiger partial charge in [-0.15, -0.1) is 11.3 Å². The van der Waals surface area contributed by atoms with Crippen molar-refractivity contribution < 1.29 is 0 Å². The molecule has 0 aliphatic carbocycles. The molecule has 0 fully saturated rings. The normalized spacial score (nSPS) is 13.2.